The molecule has 0 spiro atoms. The number of carbonyl (C=O) groups is 1. The monoisotopic (exact) mass is 219 g/mol. The first-order valence-corrected chi connectivity index (χ1v) is 5.30. The van der Waals surface area contributed by atoms with Crippen LogP contribution in [0.2, 0.25) is 0 Å². The Labute approximate surface area is 95.8 Å². The molecule has 0 aliphatic rings. The molecule has 1 aromatic rings. The Morgan fingerprint density at radius 3 is 2.62 bits per heavy atom. The molecule has 1 rings (SSSR count). The topological polar surface area (TPSA) is 49.3 Å². The normalized spacial score (nSPS) is 14.1. The van der Waals surface area contributed by atoms with Crippen LogP contribution in [0.15, 0.2) is 43.0 Å². The molecule has 3 nitrogen and oxygen atoms in total. The van der Waals surface area contributed by atoms with Gasteiger partial charge in [-0.2, -0.15) is 0 Å². The predicted molar refractivity (Wildman–Crippen MR) is 64.2 cm³/mol. The van der Waals surface area contributed by atoms with Gasteiger partial charge in [0.05, 0.1) is 0 Å². The van der Waals surface area contributed by atoms with Crippen molar-refractivity contribution < 1.29 is 9.90 Å². The molecular weight excluding hydrogens is 202 g/mol. The fraction of sp³-hybridized carbons (Fsp3) is 0.308. The van der Waals surface area contributed by atoms with Crippen LogP contribution in [-0.4, -0.2) is 17.1 Å². The molecule has 0 aliphatic carbocycles. The summed E-state index contributed by atoms with van der Waals surface area (Å²) in [6.07, 6.45) is 2.04. The average Bonchev–Trinajstić information content (AvgIpc) is 2.29. The highest BCUT2D eigenvalue weighted by atomic mass is 16.4. The highest BCUT2D eigenvalue weighted by molar-refractivity contribution is 5.73. The Morgan fingerprint density at radius 1 is 1.50 bits per heavy atom. The lowest BCUT2D eigenvalue weighted by atomic mass is 10.1. The van der Waals surface area contributed by atoms with E-state index in [1.165, 1.54) is 0 Å². The molecule has 0 amide bonds. The number of carboxylic acid groups (broad SMARTS) is 1. The highest BCUT2D eigenvalue weighted by Crippen LogP contribution is 2.12. The van der Waals surface area contributed by atoms with E-state index >= 15 is 0 Å². The van der Waals surface area contributed by atoms with E-state index in [0.717, 1.165) is 5.56 Å². The summed E-state index contributed by atoms with van der Waals surface area (Å²) in [5.41, 5.74) is 1.08. The molecule has 3 heteroatoms. The maximum atomic E-state index is 10.9. The van der Waals surface area contributed by atoms with Crippen molar-refractivity contribution in [3.05, 3.63) is 48.6 Å². The number of carboxylic acids is 1. The summed E-state index contributed by atoms with van der Waals surface area (Å²) >= 11 is 0. The van der Waals surface area contributed by atoms with Crippen molar-refractivity contribution in [3.63, 3.8) is 0 Å². The lowest BCUT2D eigenvalue weighted by Gasteiger charge is -2.19. The first kappa shape index (κ1) is 12.5. The third kappa shape index (κ3) is 3.51. The predicted octanol–water partition coefficient (Wildman–Crippen LogP) is 2.37. The minimum Gasteiger partial charge on any atom is -0.480 e. The van der Waals surface area contributed by atoms with Gasteiger partial charge in [0.2, 0.25) is 0 Å². The number of hydrogen-bond acceptors (Lipinski definition) is 2. The van der Waals surface area contributed by atoms with Crippen molar-refractivity contribution in [3.8, 4) is 0 Å². The zero-order valence-electron chi connectivity index (χ0n) is 9.39. The van der Waals surface area contributed by atoms with Crippen LogP contribution in [0.4, 0.5) is 0 Å². The smallest absolute Gasteiger partial charge is 0.321 e. The van der Waals surface area contributed by atoms with Gasteiger partial charge in [0, 0.05) is 6.04 Å². The zero-order valence-corrected chi connectivity index (χ0v) is 9.39. The number of nitrogens with one attached hydrogen (secondary N) is 1. The molecule has 1 aromatic carbocycles. The first-order chi connectivity index (χ1) is 7.65. The molecule has 2 atom stereocenters. The van der Waals surface area contributed by atoms with E-state index < -0.39 is 12.0 Å². The van der Waals surface area contributed by atoms with Gasteiger partial charge in [0.1, 0.15) is 6.04 Å². The first-order valence-electron chi connectivity index (χ1n) is 5.30. The van der Waals surface area contributed by atoms with Crippen LogP contribution >= 0.6 is 0 Å². The highest BCUT2D eigenvalue weighted by Gasteiger charge is 2.18. The minimum atomic E-state index is -0.845. The van der Waals surface area contributed by atoms with Crippen LogP contribution in [-0.2, 0) is 4.79 Å². The fourth-order valence-corrected chi connectivity index (χ4v) is 1.55. The van der Waals surface area contributed by atoms with Crippen LogP contribution in [0.5, 0.6) is 0 Å². The van der Waals surface area contributed by atoms with Gasteiger partial charge in [-0.05, 0) is 18.9 Å². The van der Waals surface area contributed by atoms with Crippen LogP contribution in [0.3, 0.4) is 0 Å². The second-order valence-electron chi connectivity index (χ2n) is 3.71. The molecule has 0 saturated heterocycles. The van der Waals surface area contributed by atoms with Gasteiger partial charge in [-0.25, -0.2) is 0 Å². The third-order valence-electron chi connectivity index (χ3n) is 2.45. The summed E-state index contributed by atoms with van der Waals surface area (Å²) in [5.74, 6) is -0.845. The third-order valence-corrected chi connectivity index (χ3v) is 2.45. The van der Waals surface area contributed by atoms with Gasteiger partial charge in [-0.1, -0.05) is 36.4 Å². The van der Waals surface area contributed by atoms with Crippen molar-refractivity contribution in [1.29, 1.82) is 0 Å². The van der Waals surface area contributed by atoms with E-state index in [1.54, 1.807) is 6.08 Å². The largest absolute Gasteiger partial charge is 0.480 e. The van der Waals surface area contributed by atoms with E-state index in [1.807, 2.05) is 37.3 Å². The average molecular weight is 219 g/mol. The molecular formula is C13H17NO2. The molecule has 0 fully saturated rings. The van der Waals surface area contributed by atoms with Gasteiger partial charge in [0.25, 0.3) is 0 Å². The summed E-state index contributed by atoms with van der Waals surface area (Å²) in [4.78, 5) is 10.9. The number of hydrogen-bond donors (Lipinski definition) is 2. The van der Waals surface area contributed by atoms with Gasteiger partial charge in [0.15, 0.2) is 0 Å². The van der Waals surface area contributed by atoms with Crippen molar-refractivity contribution in [2.45, 2.75) is 25.4 Å². The summed E-state index contributed by atoms with van der Waals surface area (Å²) in [6.45, 7) is 5.51. The lowest BCUT2D eigenvalue weighted by molar-refractivity contribution is -0.139. The maximum Gasteiger partial charge on any atom is 0.321 e. The number of rotatable bonds is 6. The van der Waals surface area contributed by atoms with Gasteiger partial charge >= 0.3 is 5.97 Å². The molecule has 0 aromatic heterocycles. The number of aliphatic carboxylic acids is 1. The molecule has 0 saturated carbocycles. The van der Waals surface area contributed by atoms with E-state index in [4.69, 9.17) is 5.11 Å². The second-order valence-corrected chi connectivity index (χ2v) is 3.71. The molecule has 2 N–H and O–H groups in total. The van der Waals surface area contributed by atoms with E-state index in [0.29, 0.717) is 6.42 Å². The maximum absolute atomic E-state index is 10.9. The zero-order chi connectivity index (χ0) is 12.0. The second kappa shape index (κ2) is 6.08. The molecule has 0 heterocycles. The van der Waals surface area contributed by atoms with Crippen molar-refractivity contribution >= 4 is 5.97 Å². The Kier molecular flexibility index (Phi) is 4.73. The molecule has 0 aliphatic heterocycles. The van der Waals surface area contributed by atoms with E-state index in [-0.39, 0.29) is 6.04 Å². The lowest BCUT2D eigenvalue weighted by Crippen LogP contribution is -2.37. The van der Waals surface area contributed by atoms with Crippen molar-refractivity contribution in [1.82, 2.24) is 5.32 Å². The molecule has 86 valence electrons. The van der Waals surface area contributed by atoms with Crippen LogP contribution in [0.1, 0.15) is 24.9 Å². The van der Waals surface area contributed by atoms with Gasteiger partial charge < -0.3 is 5.11 Å². The minimum absolute atomic E-state index is 0.0160. The molecule has 0 bridgehead atoms. The Morgan fingerprint density at radius 2 is 2.12 bits per heavy atom. The van der Waals surface area contributed by atoms with Crippen LogP contribution in [0.25, 0.3) is 0 Å². The Bertz CT molecular complexity index is 348. The molecule has 16 heavy (non-hydrogen) atoms. The number of benzene rings is 1. The molecule has 0 unspecified atom stereocenters. The van der Waals surface area contributed by atoms with E-state index in [2.05, 4.69) is 11.9 Å². The summed E-state index contributed by atoms with van der Waals surface area (Å²) in [7, 11) is 0. The van der Waals surface area contributed by atoms with Crippen LogP contribution < -0.4 is 5.32 Å². The SMILES string of the molecule is C=CC[C@@H](N[C@H](C)c1ccccc1)C(=O)O. The molecule has 0 radical (unpaired) electrons. The van der Waals surface area contributed by atoms with Crippen LogP contribution in [0, 0.1) is 0 Å². The Balaban J connectivity index is 2.65. The van der Waals surface area contributed by atoms with Gasteiger partial charge in [-0.3, -0.25) is 10.1 Å². The summed E-state index contributed by atoms with van der Waals surface area (Å²) < 4.78 is 0. The quantitative estimate of drug-likeness (QED) is 0.722. The van der Waals surface area contributed by atoms with Crippen molar-refractivity contribution in [2.24, 2.45) is 0 Å². The van der Waals surface area contributed by atoms with Gasteiger partial charge in [-0.15, -0.1) is 6.58 Å². The van der Waals surface area contributed by atoms with Crippen molar-refractivity contribution in [2.75, 3.05) is 0 Å². The fourth-order valence-electron chi connectivity index (χ4n) is 1.55. The standard InChI is InChI=1S/C13H17NO2/c1-3-7-12(13(15)16)14-10(2)11-8-5-4-6-9-11/h3-6,8-10,12,14H,1,7H2,2H3,(H,15,16)/t10-,12-/m1/s1. The Hall–Kier alpha value is -1.61. The summed E-state index contributed by atoms with van der Waals surface area (Å²) in [6, 6.07) is 9.21. The summed E-state index contributed by atoms with van der Waals surface area (Å²) in [5, 5.41) is 12.1. The van der Waals surface area contributed by atoms with E-state index in [9.17, 15) is 4.79 Å².